The lowest BCUT2D eigenvalue weighted by atomic mass is 10.1. The van der Waals surface area contributed by atoms with Crippen molar-refractivity contribution in [2.45, 2.75) is 26.4 Å². The number of carboxylic acid groups (broad SMARTS) is 1. The molecule has 1 fully saturated rings. The van der Waals surface area contributed by atoms with E-state index >= 15 is 0 Å². The molecule has 2 aromatic carbocycles. The average Bonchev–Trinajstić information content (AvgIpc) is 3.39. The van der Waals surface area contributed by atoms with Crippen molar-refractivity contribution in [3.05, 3.63) is 47.5 Å². The van der Waals surface area contributed by atoms with Gasteiger partial charge in [0.25, 0.3) is 5.89 Å². The minimum Gasteiger partial charge on any atom is -0.489 e. The molecule has 1 atom stereocenters. The van der Waals surface area contributed by atoms with Gasteiger partial charge in [-0.25, -0.2) is 0 Å². The maximum absolute atomic E-state index is 11.2. The molecule has 7 nitrogen and oxygen atoms in total. The zero-order valence-corrected chi connectivity index (χ0v) is 17.5. The summed E-state index contributed by atoms with van der Waals surface area (Å²) in [4.78, 5) is 17.7. The van der Waals surface area contributed by atoms with Crippen LogP contribution in [0.4, 0.5) is 5.69 Å². The van der Waals surface area contributed by atoms with Gasteiger partial charge >= 0.3 is 5.97 Å². The van der Waals surface area contributed by atoms with Gasteiger partial charge in [-0.3, -0.25) is 4.79 Å². The molecule has 1 unspecified atom stereocenters. The molecule has 1 aliphatic heterocycles. The predicted octanol–water partition coefficient (Wildman–Crippen LogP) is 4.76. The van der Waals surface area contributed by atoms with Crippen LogP contribution in [0.2, 0.25) is 5.02 Å². The van der Waals surface area contributed by atoms with Crippen LogP contribution in [0.15, 0.2) is 47.0 Å². The highest BCUT2D eigenvalue weighted by Crippen LogP contribution is 2.31. The Hall–Kier alpha value is -3.06. The summed E-state index contributed by atoms with van der Waals surface area (Å²) in [5.41, 5.74) is 2.51. The summed E-state index contributed by atoms with van der Waals surface area (Å²) in [5, 5.41) is 13.7. The van der Waals surface area contributed by atoms with E-state index in [2.05, 4.69) is 15.0 Å². The van der Waals surface area contributed by atoms with Crippen LogP contribution in [-0.4, -0.2) is 40.4 Å². The number of halogens is 1. The van der Waals surface area contributed by atoms with Gasteiger partial charge < -0.3 is 19.3 Å². The van der Waals surface area contributed by atoms with Crippen LogP contribution in [0.25, 0.3) is 22.8 Å². The van der Waals surface area contributed by atoms with Gasteiger partial charge in [0.05, 0.1) is 17.0 Å². The Balaban J connectivity index is 1.49. The summed E-state index contributed by atoms with van der Waals surface area (Å²) in [6.07, 6.45) is 0.692. The number of hydrogen-bond donors (Lipinski definition) is 1. The Morgan fingerprint density at radius 2 is 1.97 bits per heavy atom. The second-order valence-electron chi connectivity index (χ2n) is 7.55. The second-order valence-corrected chi connectivity index (χ2v) is 7.96. The molecule has 8 heteroatoms. The van der Waals surface area contributed by atoms with Crippen LogP contribution in [0.1, 0.15) is 20.3 Å². The van der Waals surface area contributed by atoms with Crippen LogP contribution >= 0.6 is 11.6 Å². The molecule has 0 bridgehead atoms. The zero-order chi connectivity index (χ0) is 21.3. The lowest BCUT2D eigenvalue weighted by Crippen LogP contribution is -2.22. The molecule has 0 amide bonds. The van der Waals surface area contributed by atoms with Crippen LogP contribution < -0.4 is 9.64 Å². The molecule has 4 rings (SSSR count). The van der Waals surface area contributed by atoms with E-state index in [0.717, 1.165) is 23.4 Å². The fraction of sp³-hybridized carbons (Fsp3) is 0.318. The molecule has 0 radical (unpaired) electrons. The summed E-state index contributed by atoms with van der Waals surface area (Å²) in [6, 6.07) is 13.1. The number of benzene rings is 2. The van der Waals surface area contributed by atoms with Gasteiger partial charge in [-0.2, -0.15) is 4.98 Å². The monoisotopic (exact) mass is 427 g/mol. The van der Waals surface area contributed by atoms with E-state index in [4.69, 9.17) is 26.0 Å². The van der Waals surface area contributed by atoms with Gasteiger partial charge in [0.1, 0.15) is 5.75 Å². The van der Waals surface area contributed by atoms with Crippen LogP contribution in [0.5, 0.6) is 5.75 Å². The first-order valence-electron chi connectivity index (χ1n) is 9.79. The molecule has 1 N–H and O–H groups in total. The Bertz CT molecular complexity index is 1050. The molecular formula is C22H22ClN3O4. The molecule has 1 saturated heterocycles. The molecule has 30 heavy (non-hydrogen) atoms. The number of carbonyl (C=O) groups is 1. The third kappa shape index (κ3) is 4.26. The Kier molecular flexibility index (Phi) is 5.63. The SMILES string of the molecule is CC(C)Oc1ccc(-c2noc(-c3ccc(N4CCC(C(=O)O)C4)cc3)n2)cc1Cl. The maximum atomic E-state index is 11.2. The smallest absolute Gasteiger partial charge is 0.308 e. The van der Waals surface area contributed by atoms with Crippen molar-refractivity contribution in [3.8, 4) is 28.6 Å². The highest BCUT2D eigenvalue weighted by molar-refractivity contribution is 6.32. The van der Waals surface area contributed by atoms with Gasteiger partial charge in [0, 0.05) is 29.9 Å². The topological polar surface area (TPSA) is 88.7 Å². The van der Waals surface area contributed by atoms with Crippen molar-refractivity contribution in [3.63, 3.8) is 0 Å². The minimum absolute atomic E-state index is 0.0312. The fourth-order valence-corrected chi connectivity index (χ4v) is 3.68. The summed E-state index contributed by atoms with van der Waals surface area (Å²) in [6.45, 7) is 5.14. The first kappa shape index (κ1) is 20.2. The second kappa shape index (κ2) is 8.36. The van der Waals surface area contributed by atoms with Gasteiger partial charge in [-0.15, -0.1) is 0 Å². The van der Waals surface area contributed by atoms with Crippen molar-refractivity contribution in [1.82, 2.24) is 10.1 Å². The Morgan fingerprint density at radius 3 is 2.60 bits per heavy atom. The molecule has 2 heterocycles. The molecule has 156 valence electrons. The average molecular weight is 428 g/mol. The van der Waals surface area contributed by atoms with Crippen LogP contribution in [0.3, 0.4) is 0 Å². The van der Waals surface area contributed by atoms with Crippen LogP contribution in [-0.2, 0) is 4.79 Å². The quantitative estimate of drug-likeness (QED) is 0.606. The molecule has 3 aromatic rings. The predicted molar refractivity (Wildman–Crippen MR) is 114 cm³/mol. The standard InChI is InChI=1S/C22H22ClN3O4/c1-13(2)29-19-8-5-15(11-18(19)23)20-24-21(30-25-20)14-3-6-17(7-4-14)26-10-9-16(12-26)22(27)28/h3-8,11,13,16H,9-10,12H2,1-2H3,(H,27,28). The number of ether oxygens (including phenoxy) is 1. The van der Waals surface area contributed by atoms with Crippen molar-refractivity contribution < 1.29 is 19.2 Å². The van der Waals surface area contributed by atoms with Gasteiger partial charge in [-0.1, -0.05) is 16.8 Å². The maximum Gasteiger partial charge on any atom is 0.308 e. The summed E-state index contributed by atoms with van der Waals surface area (Å²) in [7, 11) is 0. The van der Waals surface area contributed by atoms with E-state index in [0.29, 0.717) is 35.5 Å². The first-order chi connectivity index (χ1) is 14.4. The zero-order valence-electron chi connectivity index (χ0n) is 16.7. The van der Waals surface area contributed by atoms with Crippen LogP contribution in [0, 0.1) is 5.92 Å². The summed E-state index contributed by atoms with van der Waals surface area (Å²) < 4.78 is 11.1. The van der Waals surface area contributed by atoms with E-state index in [1.54, 1.807) is 12.1 Å². The van der Waals surface area contributed by atoms with Crippen molar-refractivity contribution in [2.24, 2.45) is 5.92 Å². The molecule has 1 aromatic heterocycles. The van der Waals surface area contributed by atoms with Gasteiger partial charge in [0.2, 0.25) is 5.82 Å². The Morgan fingerprint density at radius 1 is 1.23 bits per heavy atom. The number of rotatable bonds is 6. The van der Waals surface area contributed by atoms with E-state index in [1.807, 2.05) is 44.2 Å². The highest BCUT2D eigenvalue weighted by Gasteiger charge is 2.28. The third-order valence-electron chi connectivity index (χ3n) is 5.00. The Labute approximate surface area is 179 Å². The summed E-state index contributed by atoms with van der Waals surface area (Å²) >= 11 is 6.30. The van der Waals surface area contributed by atoms with Crippen molar-refractivity contribution in [1.29, 1.82) is 0 Å². The molecule has 1 aliphatic rings. The molecule has 0 spiro atoms. The number of nitrogens with zero attached hydrogens (tertiary/aromatic N) is 3. The normalized spacial score (nSPS) is 16.3. The highest BCUT2D eigenvalue weighted by atomic mass is 35.5. The molecule has 0 aliphatic carbocycles. The van der Waals surface area contributed by atoms with Crippen molar-refractivity contribution >= 4 is 23.3 Å². The number of carboxylic acids is 1. The lowest BCUT2D eigenvalue weighted by Gasteiger charge is -2.18. The summed E-state index contributed by atoms with van der Waals surface area (Å²) in [5.74, 6) is 0.404. The van der Waals surface area contributed by atoms with Crippen molar-refractivity contribution in [2.75, 3.05) is 18.0 Å². The third-order valence-corrected chi connectivity index (χ3v) is 5.29. The van der Waals surface area contributed by atoms with E-state index < -0.39 is 5.97 Å². The molecule has 0 saturated carbocycles. The lowest BCUT2D eigenvalue weighted by molar-refractivity contribution is -0.140. The van der Waals surface area contributed by atoms with Gasteiger partial charge in [0.15, 0.2) is 0 Å². The largest absolute Gasteiger partial charge is 0.489 e. The first-order valence-corrected chi connectivity index (χ1v) is 10.2. The minimum atomic E-state index is -0.739. The number of aliphatic carboxylic acids is 1. The molecular weight excluding hydrogens is 406 g/mol. The van der Waals surface area contributed by atoms with Gasteiger partial charge in [-0.05, 0) is 62.7 Å². The number of aromatic nitrogens is 2. The number of hydrogen-bond acceptors (Lipinski definition) is 6. The number of anilines is 1. The van der Waals surface area contributed by atoms with E-state index in [1.165, 1.54) is 0 Å². The fourth-order valence-electron chi connectivity index (χ4n) is 3.46. The van der Waals surface area contributed by atoms with E-state index in [-0.39, 0.29) is 12.0 Å². The van der Waals surface area contributed by atoms with E-state index in [9.17, 15) is 4.79 Å².